The van der Waals surface area contributed by atoms with Gasteiger partial charge in [-0.2, -0.15) is 5.10 Å². The molecule has 0 bridgehead atoms. The third-order valence-electron chi connectivity index (χ3n) is 3.47. The second-order valence-corrected chi connectivity index (χ2v) is 5.97. The van der Waals surface area contributed by atoms with Gasteiger partial charge in [0, 0.05) is 23.5 Å². The summed E-state index contributed by atoms with van der Waals surface area (Å²) in [5.41, 5.74) is 3.34. The van der Waals surface area contributed by atoms with Crippen molar-refractivity contribution in [3.63, 3.8) is 0 Å². The number of amides is 2. The van der Waals surface area contributed by atoms with Crippen LogP contribution in [0.15, 0.2) is 52.9 Å². The number of anilines is 1. The zero-order chi connectivity index (χ0) is 15.4. The lowest BCUT2D eigenvalue weighted by molar-refractivity contribution is -0.126. The van der Waals surface area contributed by atoms with Crippen molar-refractivity contribution in [3.8, 4) is 0 Å². The van der Waals surface area contributed by atoms with Crippen LogP contribution in [0.3, 0.4) is 0 Å². The first-order valence-corrected chi connectivity index (χ1v) is 7.84. The van der Waals surface area contributed by atoms with E-state index in [1.54, 1.807) is 22.5 Å². The van der Waals surface area contributed by atoms with Gasteiger partial charge in [0.15, 0.2) is 0 Å². The first-order chi connectivity index (χ1) is 10.7. The molecular weight excluding hydrogens is 298 g/mol. The lowest BCUT2D eigenvalue weighted by atomic mass is 10.1. The van der Waals surface area contributed by atoms with Crippen LogP contribution in [0.2, 0.25) is 0 Å². The second kappa shape index (κ2) is 6.53. The molecule has 1 fully saturated rings. The molecule has 1 N–H and O–H groups in total. The molecule has 3 rings (SSSR count). The van der Waals surface area contributed by atoms with E-state index in [9.17, 15) is 9.59 Å². The topological polar surface area (TPSA) is 61.8 Å². The molecule has 1 saturated heterocycles. The van der Waals surface area contributed by atoms with Gasteiger partial charge in [0.1, 0.15) is 0 Å². The number of hydrogen-bond donors (Lipinski definition) is 1. The number of hydrogen-bond acceptors (Lipinski definition) is 4. The van der Waals surface area contributed by atoms with Gasteiger partial charge in [-0.3, -0.25) is 9.59 Å². The van der Waals surface area contributed by atoms with Crippen molar-refractivity contribution in [1.82, 2.24) is 5.43 Å². The number of nitrogens with zero attached hydrogens (tertiary/aromatic N) is 2. The van der Waals surface area contributed by atoms with Gasteiger partial charge in [0.25, 0.3) is 0 Å². The van der Waals surface area contributed by atoms with Crippen LogP contribution in [0.5, 0.6) is 0 Å². The predicted octanol–water partition coefficient (Wildman–Crippen LogP) is 2.25. The highest BCUT2D eigenvalue weighted by molar-refractivity contribution is 7.11. The highest BCUT2D eigenvalue weighted by Crippen LogP contribution is 2.24. The Hall–Kier alpha value is -2.47. The molecule has 5 nitrogen and oxygen atoms in total. The maximum atomic E-state index is 12.1. The van der Waals surface area contributed by atoms with Crippen molar-refractivity contribution in [3.05, 3.63) is 52.7 Å². The molecule has 112 valence electrons. The van der Waals surface area contributed by atoms with E-state index < -0.39 is 0 Å². The molecule has 6 heteroatoms. The average molecular weight is 313 g/mol. The summed E-state index contributed by atoms with van der Waals surface area (Å²) in [6.45, 7) is 0.392. The summed E-state index contributed by atoms with van der Waals surface area (Å²) >= 11 is 1.54. The number of carbonyl (C=O) groups is 2. The van der Waals surface area contributed by atoms with Crippen LogP contribution in [0.1, 0.15) is 11.3 Å². The van der Waals surface area contributed by atoms with Crippen LogP contribution >= 0.6 is 11.3 Å². The van der Waals surface area contributed by atoms with Crippen molar-refractivity contribution in [2.45, 2.75) is 6.42 Å². The van der Waals surface area contributed by atoms with E-state index in [0.29, 0.717) is 6.54 Å². The molecule has 0 aliphatic carbocycles. The quantitative estimate of drug-likeness (QED) is 0.695. The normalized spacial score (nSPS) is 18.1. The number of thiophene rings is 1. The third-order valence-corrected chi connectivity index (χ3v) is 4.28. The third kappa shape index (κ3) is 3.23. The van der Waals surface area contributed by atoms with Crippen molar-refractivity contribution in [2.24, 2.45) is 11.0 Å². The van der Waals surface area contributed by atoms with Crippen molar-refractivity contribution in [2.75, 3.05) is 11.4 Å². The van der Waals surface area contributed by atoms with Gasteiger partial charge in [-0.15, -0.1) is 11.3 Å². The van der Waals surface area contributed by atoms with E-state index in [2.05, 4.69) is 10.5 Å². The van der Waals surface area contributed by atoms with Gasteiger partial charge in [-0.1, -0.05) is 24.3 Å². The monoisotopic (exact) mass is 313 g/mol. The molecule has 0 unspecified atom stereocenters. The summed E-state index contributed by atoms with van der Waals surface area (Å²) in [6.07, 6.45) is 1.82. The molecule has 2 heterocycles. The first kappa shape index (κ1) is 14.5. The Labute approximate surface area is 132 Å². The maximum Gasteiger partial charge on any atom is 0.245 e. The minimum Gasteiger partial charge on any atom is -0.312 e. The molecule has 1 aliphatic heterocycles. The summed E-state index contributed by atoms with van der Waals surface area (Å²) < 4.78 is 0. The molecule has 2 amide bonds. The number of nitrogens with one attached hydrogen (secondary N) is 1. The summed E-state index contributed by atoms with van der Waals surface area (Å²) in [6, 6.07) is 13.2. The number of rotatable bonds is 4. The van der Waals surface area contributed by atoms with Gasteiger partial charge in [0.2, 0.25) is 11.8 Å². The molecule has 0 radical (unpaired) electrons. The molecule has 1 aromatic heterocycles. The zero-order valence-electron chi connectivity index (χ0n) is 11.8. The summed E-state index contributed by atoms with van der Waals surface area (Å²) in [5.74, 6) is -0.624. The minimum atomic E-state index is -0.367. The molecule has 1 atom stereocenters. The molecule has 1 aromatic carbocycles. The molecule has 0 saturated carbocycles. The van der Waals surface area contributed by atoms with Crippen LogP contribution in [0.4, 0.5) is 5.69 Å². The average Bonchev–Trinajstić information content (AvgIpc) is 3.17. The molecular formula is C16H15N3O2S. The van der Waals surface area contributed by atoms with Gasteiger partial charge in [-0.05, 0) is 23.6 Å². The Morgan fingerprint density at radius 3 is 2.82 bits per heavy atom. The summed E-state index contributed by atoms with van der Waals surface area (Å²) in [7, 11) is 0. The fourth-order valence-electron chi connectivity index (χ4n) is 2.36. The van der Waals surface area contributed by atoms with E-state index in [0.717, 1.165) is 10.6 Å². The standard InChI is InChI=1S/C16H15N3O2S/c20-15-9-12(11-19(15)13-5-2-1-3-6-13)16(21)18-17-10-14-7-4-8-22-14/h1-8,10,12H,9,11H2,(H,18,21)/b17-10+/t12-/m1/s1. The van der Waals surface area contributed by atoms with Gasteiger partial charge >= 0.3 is 0 Å². The molecule has 2 aromatic rings. The van der Waals surface area contributed by atoms with Crippen molar-refractivity contribution >= 4 is 35.1 Å². The lowest BCUT2D eigenvalue weighted by Gasteiger charge is -2.16. The van der Waals surface area contributed by atoms with E-state index in [1.165, 1.54) is 0 Å². The highest BCUT2D eigenvalue weighted by atomic mass is 32.1. The Morgan fingerprint density at radius 2 is 2.09 bits per heavy atom. The van der Waals surface area contributed by atoms with E-state index >= 15 is 0 Å². The smallest absolute Gasteiger partial charge is 0.245 e. The second-order valence-electron chi connectivity index (χ2n) is 4.99. The van der Waals surface area contributed by atoms with Crippen LogP contribution in [-0.4, -0.2) is 24.6 Å². The number of carbonyl (C=O) groups excluding carboxylic acids is 2. The number of benzene rings is 1. The van der Waals surface area contributed by atoms with E-state index in [-0.39, 0.29) is 24.2 Å². The fraction of sp³-hybridized carbons (Fsp3) is 0.188. The summed E-state index contributed by atoms with van der Waals surface area (Å²) in [5, 5.41) is 5.88. The van der Waals surface area contributed by atoms with Gasteiger partial charge in [0.05, 0.1) is 12.1 Å². The largest absolute Gasteiger partial charge is 0.312 e. The zero-order valence-corrected chi connectivity index (χ0v) is 12.6. The Kier molecular flexibility index (Phi) is 4.29. The molecule has 22 heavy (non-hydrogen) atoms. The fourth-order valence-corrected chi connectivity index (χ4v) is 2.94. The van der Waals surface area contributed by atoms with Crippen molar-refractivity contribution < 1.29 is 9.59 Å². The minimum absolute atomic E-state index is 0.0337. The van der Waals surface area contributed by atoms with Crippen LogP contribution in [-0.2, 0) is 9.59 Å². The van der Waals surface area contributed by atoms with E-state index in [1.807, 2.05) is 47.8 Å². The van der Waals surface area contributed by atoms with Crippen LogP contribution in [0.25, 0.3) is 0 Å². The maximum absolute atomic E-state index is 12.1. The van der Waals surface area contributed by atoms with E-state index in [4.69, 9.17) is 0 Å². The van der Waals surface area contributed by atoms with Gasteiger partial charge < -0.3 is 4.90 Å². The van der Waals surface area contributed by atoms with Crippen LogP contribution in [0, 0.1) is 5.92 Å². The lowest BCUT2D eigenvalue weighted by Crippen LogP contribution is -2.30. The SMILES string of the molecule is O=C(N/N=C/c1cccs1)[C@@H]1CC(=O)N(c2ccccc2)C1. The number of hydrazone groups is 1. The number of para-hydroxylation sites is 1. The van der Waals surface area contributed by atoms with Crippen molar-refractivity contribution in [1.29, 1.82) is 0 Å². The Balaban J connectivity index is 1.59. The van der Waals surface area contributed by atoms with Crippen LogP contribution < -0.4 is 10.3 Å². The molecule has 0 spiro atoms. The Bertz CT molecular complexity index is 683. The molecule has 1 aliphatic rings. The summed E-state index contributed by atoms with van der Waals surface area (Å²) in [4.78, 5) is 26.8. The highest BCUT2D eigenvalue weighted by Gasteiger charge is 2.34. The predicted molar refractivity (Wildman–Crippen MR) is 87.0 cm³/mol. The van der Waals surface area contributed by atoms with Gasteiger partial charge in [-0.25, -0.2) is 5.43 Å². The first-order valence-electron chi connectivity index (χ1n) is 6.96. The Morgan fingerprint density at radius 1 is 1.27 bits per heavy atom.